The van der Waals surface area contributed by atoms with E-state index in [1.165, 1.54) is 11.6 Å². The highest BCUT2D eigenvalue weighted by atomic mass is 32.2. The summed E-state index contributed by atoms with van der Waals surface area (Å²) in [6, 6.07) is 7.96. The van der Waals surface area contributed by atoms with Crippen LogP contribution in [0.15, 0.2) is 40.3 Å². The molecular weight excluding hydrogens is 438 g/mol. The van der Waals surface area contributed by atoms with E-state index >= 15 is 0 Å². The molecule has 1 atom stereocenters. The van der Waals surface area contributed by atoms with Crippen molar-refractivity contribution in [1.29, 1.82) is 4.78 Å². The van der Waals surface area contributed by atoms with Gasteiger partial charge in [0.25, 0.3) is 0 Å². The average molecular weight is 462 g/mol. The lowest BCUT2D eigenvalue weighted by atomic mass is 10.2. The van der Waals surface area contributed by atoms with Gasteiger partial charge >= 0.3 is 17.7 Å². The van der Waals surface area contributed by atoms with Crippen LogP contribution in [0.25, 0.3) is 11.2 Å². The highest BCUT2D eigenvalue weighted by Gasteiger charge is 2.27. The summed E-state index contributed by atoms with van der Waals surface area (Å²) in [4.78, 5) is 46.2. The molecule has 0 aliphatic heterocycles. The molecule has 1 aromatic carbocycles. The molecule has 0 spiro atoms. The second kappa shape index (κ2) is 8.78. The number of hydrogen-bond acceptors (Lipinski definition) is 8. The SMILES string of the molecule is CCCS(=N)(=O)c1nc(N)c2c(n1)n(Cc1ccccc1)c(=O)n2C(=O)N(C)CC(=O)O. The lowest BCUT2D eigenvalue weighted by molar-refractivity contribution is -0.137. The van der Waals surface area contributed by atoms with E-state index in [4.69, 9.17) is 15.6 Å². The smallest absolute Gasteiger partial charge is 0.339 e. The number of carboxylic acid groups (broad SMARTS) is 1. The zero-order chi connectivity index (χ0) is 23.6. The Morgan fingerprint density at radius 2 is 1.91 bits per heavy atom. The summed E-state index contributed by atoms with van der Waals surface area (Å²) in [6.07, 6.45) is 0.444. The number of aliphatic carboxylic acids is 1. The maximum atomic E-state index is 13.3. The first-order chi connectivity index (χ1) is 15.1. The number of carbonyl (C=O) groups excluding carboxylic acids is 1. The van der Waals surface area contributed by atoms with E-state index in [1.807, 2.05) is 0 Å². The maximum Gasteiger partial charge on any atom is 0.339 e. The minimum absolute atomic E-state index is 0.00184. The van der Waals surface area contributed by atoms with Crippen molar-refractivity contribution in [3.05, 3.63) is 46.4 Å². The molecule has 170 valence electrons. The van der Waals surface area contributed by atoms with Gasteiger partial charge in [-0.1, -0.05) is 37.3 Å². The molecular formula is C19H23N7O5S. The number of anilines is 1. The van der Waals surface area contributed by atoms with Crippen LogP contribution in [0, 0.1) is 4.78 Å². The zero-order valence-electron chi connectivity index (χ0n) is 17.5. The molecule has 0 bridgehead atoms. The fourth-order valence-electron chi connectivity index (χ4n) is 3.20. The zero-order valence-corrected chi connectivity index (χ0v) is 18.3. The molecule has 12 nitrogen and oxygen atoms in total. The third kappa shape index (κ3) is 4.32. The fourth-order valence-corrected chi connectivity index (χ4v) is 4.44. The number of nitrogens with zero attached hydrogens (tertiary/aromatic N) is 5. The van der Waals surface area contributed by atoms with Gasteiger partial charge in [0.05, 0.1) is 6.54 Å². The first kappa shape index (κ1) is 22.9. The van der Waals surface area contributed by atoms with E-state index in [9.17, 15) is 18.6 Å². The van der Waals surface area contributed by atoms with Crippen molar-refractivity contribution in [3.63, 3.8) is 0 Å². The molecule has 3 aromatic rings. The lowest BCUT2D eigenvalue weighted by Crippen LogP contribution is -2.40. The summed E-state index contributed by atoms with van der Waals surface area (Å²) >= 11 is 0. The van der Waals surface area contributed by atoms with Gasteiger partial charge in [-0.15, -0.1) is 0 Å². The number of hydrogen-bond donors (Lipinski definition) is 3. The van der Waals surface area contributed by atoms with Crippen LogP contribution in [0.5, 0.6) is 0 Å². The van der Waals surface area contributed by atoms with Crippen molar-refractivity contribution >= 4 is 38.7 Å². The van der Waals surface area contributed by atoms with Gasteiger partial charge in [0.2, 0.25) is 5.16 Å². The maximum absolute atomic E-state index is 13.3. The number of amides is 1. The molecule has 13 heteroatoms. The number of fused-ring (bicyclic) bond motifs is 1. The van der Waals surface area contributed by atoms with E-state index in [1.54, 1.807) is 37.3 Å². The van der Waals surface area contributed by atoms with Crippen LogP contribution in [0.4, 0.5) is 10.6 Å². The fraction of sp³-hybridized carbons (Fsp3) is 0.316. The summed E-state index contributed by atoms with van der Waals surface area (Å²) in [5, 5.41) is 8.68. The molecule has 2 aromatic heterocycles. The van der Waals surface area contributed by atoms with Crippen molar-refractivity contribution in [2.24, 2.45) is 0 Å². The third-order valence-electron chi connectivity index (χ3n) is 4.63. The number of imidazole rings is 1. The van der Waals surface area contributed by atoms with Crippen LogP contribution < -0.4 is 11.4 Å². The molecule has 0 aliphatic carbocycles. The van der Waals surface area contributed by atoms with E-state index < -0.39 is 34.0 Å². The molecule has 0 radical (unpaired) electrons. The Morgan fingerprint density at radius 3 is 2.50 bits per heavy atom. The Morgan fingerprint density at radius 1 is 1.25 bits per heavy atom. The van der Waals surface area contributed by atoms with Crippen LogP contribution in [0.1, 0.15) is 18.9 Å². The van der Waals surface area contributed by atoms with Gasteiger partial charge in [0, 0.05) is 12.8 Å². The normalized spacial score (nSPS) is 13.1. The van der Waals surface area contributed by atoms with Gasteiger partial charge in [-0.25, -0.2) is 28.1 Å². The summed E-state index contributed by atoms with van der Waals surface area (Å²) in [5.41, 5.74) is 5.76. The van der Waals surface area contributed by atoms with Crippen LogP contribution in [-0.2, 0) is 21.1 Å². The van der Waals surface area contributed by atoms with Crippen LogP contribution in [-0.4, -0.2) is 64.7 Å². The van der Waals surface area contributed by atoms with Crippen molar-refractivity contribution in [2.45, 2.75) is 25.0 Å². The summed E-state index contributed by atoms with van der Waals surface area (Å²) in [6.45, 7) is 1.13. The molecule has 2 heterocycles. The average Bonchev–Trinajstić information content (AvgIpc) is 3.00. The standard InChI is InChI=1S/C19H23N7O5S/c1-3-9-32(21,31)17-22-15(20)14-16(23-17)25(10-12-7-5-4-6-8-12)19(30)26(14)18(29)24(2)11-13(27)28/h4-8,21H,3,9-11H2,1-2H3,(H,27,28)(H2,20,22,23). The third-order valence-corrected chi connectivity index (χ3v) is 6.39. The Bertz CT molecular complexity index is 1350. The molecule has 0 fully saturated rings. The number of carboxylic acids is 1. The predicted octanol–water partition coefficient (Wildman–Crippen LogP) is 1.02. The van der Waals surface area contributed by atoms with Crippen molar-refractivity contribution < 1.29 is 18.9 Å². The molecule has 0 aliphatic rings. The van der Waals surface area contributed by atoms with E-state index in [0.717, 1.165) is 10.5 Å². The number of nitrogens with one attached hydrogen (secondary N) is 1. The second-order valence-corrected chi connectivity index (χ2v) is 9.29. The number of carbonyl (C=O) groups is 2. The summed E-state index contributed by atoms with van der Waals surface area (Å²) in [5.74, 6) is -1.56. The topological polar surface area (TPSA) is 177 Å². The Labute approximate surface area is 183 Å². The lowest BCUT2D eigenvalue weighted by Gasteiger charge is -2.14. The minimum Gasteiger partial charge on any atom is -0.480 e. The van der Waals surface area contributed by atoms with Gasteiger partial charge in [-0.2, -0.15) is 4.98 Å². The van der Waals surface area contributed by atoms with Crippen molar-refractivity contribution in [3.8, 4) is 0 Å². The van der Waals surface area contributed by atoms with E-state index in [-0.39, 0.29) is 34.4 Å². The van der Waals surface area contributed by atoms with Crippen molar-refractivity contribution in [1.82, 2.24) is 24.0 Å². The molecule has 1 unspecified atom stereocenters. The molecule has 0 saturated carbocycles. The molecule has 1 amide bonds. The number of nitrogens with two attached hydrogens (primary N) is 1. The second-order valence-electron chi connectivity index (χ2n) is 7.17. The summed E-state index contributed by atoms with van der Waals surface area (Å²) in [7, 11) is -2.14. The number of benzene rings is 1. The Hall–Kier alpha value is -3.74. The number of rotatable bonds is 7. The number of likely N-dealkylation sites (N-methyl/N-ethyl adjacent to an activating group) is 1. The predicted molar refractivity (Wildman–Crippen MR) is 117 cm³/mol. The quantitative estimate of drug-likeness (QED) is 0.437. The van der Waals surface area contributed by atoms with Gasteiger partial charge in [-0.05, 0) is 12.0 Å². The number of aromatic nitrogens is 4. The Kier molecular flexibility index (Phi) is 6.30. The Balaban J connectivity index is 2.30. The molecule has 32 heavy (non-hydrogen) atoms. The van der Waals surface area contributed by atoms with Crippen LogP contribution >= 0.6 is 0 Å². The monoisotopic (exact) mass is 461 g/mol. The highest BCUT2D eigenvalue weighted by molar-refractivity contribution is 7.92. The van der Waals surface area contributed by atoms with E-state index in [0.29, 0.717) is 11.0 Å². The van der Waals surface area contributed by atoms with Crippen molar-refractivity contribution in [2.75, 3.05) is 25.1 Å². The molecule has 0 saturated heterocycles. The summed E-state index contributed by atoms with van der Waals surface area (Å²) < 4.78 is 22.8. The van der Waals surface area contributed by atoms with Gasteiger partial charge in [0.15, 0.2) is 11.5 Å². The van der Waals surface area contributed by atoms with Gasteiger partial charge < -0.3 is 15.7 Å². The van der Waals surface area contributed by atoms with Gasteiger partial charge in [-0.3, -0.25) is 9.36 Å². The molecule has 3 rings (SSSR count). The van der Waals surface area contributed by atoms with Crippen LogP contribution in [0.2, 0.25) is 0 Å². The minimum atomic E-state index is -3.37. The highest BCUT2D eigenvalue weighted by Crippen LogP contribution is 2.21. The first-order valence-electron chi connectivity index (χ1n) is 9.63. The first-order valence-corrected chi connectivity index (χ1v) is 11.4. The van der Waals surface area contributed by atoms with E-state index in [2.05, 4.69) is 9.97 Å². The number of nitrogen functional groups attached to an aromatic ring is 1. The van der Waals surface area contributed by atoms with Crippen LogP contribution in [0.3, 0.4) is 0 Å². The largest absolute Gasteiger partial charge is 0.480 e. The van der Waals surface area contributed by atoms with Gasteiger partial charge in [0.1, 0.15) is 21.8 Å². The molecule has 4 N–H and O–H groups in total.